The van der Waals surface area contributed by atoms with Gasteiger partial charge in [0.05, 0.1) is 17.3 Å². The number of benzene rings is 1. The van der Waals surface area contributed by atoms with E-state index in [4.69, 9.17) is 22.1 Å². The number of pyridine rings is 1. The van der Waals surface area contributed by atoms with Gasteiger partial charge in [-0.1, -0.05) is 29.8 Å². The van der Waals surface area contributed by atoms with Crippen molar-refractivity contribution in [3.05, 3.63) is 47.1 Å². The van der Waals surface area contributed by atoms with Crippen molar-refractivity contribution in [2.45, 2.75) is 6.61 Å². The first-order valence-corrected chi connectivity index (χ1v) is 5.83. The molecule has 2 rings (SSSR count). The number of ether oxygens (including phenoxy) is 1. The van der Waals surface area contributed by atoms with E-state index >= 15 is 0 Å². The number of hydrogen-bond donors (Lipinski definition) is 2. The van der Waals surface area contributed by atoms with Crippen LogP contribution in [0.2, 0.25) is 5.02 Å². The maximum atomic E-state index is 5.85. The third-order valence-electron chi connectivity index (χ3n) is 2.45. The molecule has 2 aromatic rings. The van der Waals surface area contributed by atoms with E-state index < -0.39 is 0 Å². The third kappa shape index (κ3) is 2.91. The highest BCUT2D eigenvalue weighted by molar-refractivity contribution is 6.30. The highest BCUT2D eigenvalue weighted by atomic mass is 35.5. The standard InChI is InChI=1S/C13H14ClN3O/c1-18-8-9-4-2-3-5-12(9)17-13-11(15)6-10(14)7-16-13/h2-7H,8,15H2,1H3,(H,16,17). The maximum absolute atomic E-state index is 5.85. The normalized spacial score (nSPS) is 10.3. The van der Waals surface area contributed by atoms with Gasteiger partial charge in [0.15, 0.2) is 5.82 Å². The number of hydrogen-bond acceptors (Lipinski definition) is 4. The minimum absolute atomic E-state index is 0.509. The Kier molecular flexibility index (Phi) is 4.02. The van der Waals surface area contributed by atoms with Gasteiger partial charge in [0.2, 0.25) is 0 Å². The summed E-state index contributed by atoms with van der Waals surface area (Å²) in [5.74, 6) is 0.586. The number of nitrogens with two attached hydrogens (primary N) is 1. The fraction of sp³-hybridized carbons (Fsp3) is 0.154. The van der Waals surface area contributed by atoms with Crippen molar-refractivity contribution in [1.82, 2.24) is 4.98 Å². The van der Waals surface area contributed by atoms with Gasteiger partial charge in [0, 0.05) is 24.6 Å². The van der Waals surface area contributed by atoms with Gasteiger partial charge in [-0.25, -0.2) is 4.98 Å². The number of methoxy groups -OCH3 is 1. The largest absolute Gasteiger partial charge is 0.396 e. The summed E-state index contributed by atoms with van der Waals surface area (Å²) in [7, 11) is 1.66. The van der Waals surface area contributed by atoms with E-state index in [1.807, 2.05) is 24.3 Å². The molecule has 0 aliphatic heterocycles. The number of nitrogens with zero attached hydrogens (tertiary/aromatic N) is 1. The summed E-state index contributed by atoms with van der Waals surface area (Å²) in [4.78, 5) is 4.17. The average Bonchev–Trinajstić information content (AvgIpc) is 2.35. The second-order valence-electron chi connectivity index (χ2n) is 3.81. The van der Waals surface area contributed by atoms with Gasteiger partial charge < -0.3 is 15.8 Å². The number of halogens is 1. The Bertz CT molecular complexity index is 546. The molecule has 1 heterocycles. The molecule has 0 atom stereocenters. The van der Waals surface area contributed by atoms with E-state index in [0.29, 0.717) is 23.1 Å². The Morgan fingerprint density at radius 1 is 1.39 bits per heavy atom. The molecule has 18 heavy (non-hydrogen) atoms. The predicted octanol–water partition coefficient (Wildman–Crippen LogP) is 3.21. The molecule has 5 heteroatoms. The molecule has 0 radical (unpaired) electrons. The van der Waals surface area contributed by atoms with Crippen LogP contribution in [-0.4, -0.2) is 12.1 Å². The third-order valence-corrected chi connectivity index (χ3v) is 2.66. The fourth-order valence-electron chi connectivity index (χ4n) is 1.61. The van der Waals surface area contributed by atoms with Crippen molar-refractivity contribution >= 4 is 28.8 Å². The van der Waals surface area contributed by atoms with Crippen LogP contribution in [0.3, 0.4) is 0 Å². The van der Waals surface area contributed by atoms with Crippen LogP contribution in [0.4, 0.5) is 17.2 Å². The SMILES string of the molecule is COCc1ccccc1Nc1ncc(Cl)cc1N. The van der Waals surface area contributed by atoms with Crippen LogP contribution in [0.25, 0.3) is 0 Å². The van der Waals surface area contributed by atoms with Crippen LogP contribution in [0.1, 0.15) is 5.56 Å². The highest BCUT2D eigenvalue weighted by Crippen LogP contribution is 2.25. The summed E-state index contributed by atoms with van der Waals surface area (Å²) in [6.07, 6.45) is 1.55. The Morgan fingerprint density at radius 3 is 2.89 bits per heavy atom. The molecule has 0 saturated heterocycles. The molecule has 0 bridgehead atoms. The summed E-state index contributed by atoms with van der Waals surface area (Å²) in [5.41, 5.74) is 8.32. The Morgan fingerprint density at radius 2 is 2.17 bits per heavy atom. The molecular weight excluding hydrogens is 250 g/mol. The minimum Gasteiger partial charge on any atom is -0.396 e. The number of anilines is 3. The molecule has 3 N–H and O–H groups in total. The number of aromatic nitrogens is 1. The zero-order valence-corrected chi connectivity index (χ0v) is 10.7. The van der Waals surface area contributed by atoms with E-state index in [-0.39, 0.29) is 0 Å². The van der Waals surface area contributed by atoms with Gasteiger partial charge in [-0.3, -0.25) is 0 Å². The minimum atomic E-state index is 0.509. The van der Waals surface area contributed by atoms with Crippen molar-refractivity contribution in [3.63, 3.8) is 0 Å². The van der Waals surface area contributed by atoms with Crippen LogP contribution in [0, 0.1) is 0 Å². The zero-order chi connectivity index (χ0) is 13.0. The molecule has 0 aliphatic carbocycles. The number of nitrogens with one attached hydrogen (secondary N) is 1. The summed E-state index contributed by atoms with van der Waals surface area (Å²) in [6, 6.07) is 9.49. The first-order chi connectivity index (χ1) is 8.70. The molecule has 4 nitrogen and oxygen atoms in total. The molecule has 94 valence electrons. The predicted molar refractivity (Wildman–Crippen MR) is 74.1 cm³/mol. The van der Waals surface area contributed by atoms with Gasteiger partial charge >= 0.3 is 0 Å². The van der Waals surface area contributed by atoms with E-state index in [2.05, 4.69) is 10.3 Å². The zero-order valence-electron chi connectivity index (χ0n) is 9.98. The van der Waals surface area contributed by atoms with Crippen molar-refractivity contribution < 1.29 is 4.74 Å². The first kappa shape index (κ1) is 12.7. The molecule has 1 aromatic carbocycles. The van der Waals surface area contributed by atoms with Gasteiger partial charge in [-0.05, 0) is 12.1 Å². The van der Waals surface area contributed by atoms with Gasteiger partial charge in [0.1, 0.15) is 0 Å². The molecule has 0 aliphatic rings. The molecule has 0 spiro atoms. The first-order valence-electron chi connectivity index (χ1n) is 5.45. The van der Waals surface area contributed by atoms with E-state index in [1.54, 1.807) is 19.4 Å². The molecular formula is C13H14ClN3O. The van der Waals surface area contributed by atoms with Gasteiger partial charge in [-0.15, -0.1) is 0 Å². The lowest BCUT2D eigenvalue weighted by Crippen LogP contribution is -2.02. The van der Waals surface area contributed by atoms with Gasteiger partial charge in [0.25, 0.3) is 0 Å². The second-order valence-corrected chi connectivity index (χ2v) is 4.24. The maximum Gasteiger partial charge on any atom is 0.153 e. The van der Waals surface area contributed by atoms with E-state index in [9.17, 15) is 0 Å². The van der Waals surface area contributed by atoms with Crippen LogP contribution < -0.4 is 11.1 Å². The molecule has 0 saturated carbocycles. The Hall–Kier alpha value is -1.78. The molecule has 0 unspecified atom stereocenters. The van der Waals surface area contributed by atoms with Crippen molar-refractivity contribution in [2.75, 3.05) is 18.2 Å². The molecule has 0 amide bonds. The van der Waals surface area contributed by atoms with Crippen LogP contribution in [0.5, 0.6) is 0 Å². The Balaban J connectivity index is 2.28. The number of rotatable bonds is 4. The quantitative estimate of drug-likeness (QED) is 0.889. The lowest BCUT2D eigenvalue weighted by molar-refractivity contribution is 0.185. The topological polar surface area (TPSA) is 60.2 Å². The smallest absolute Gasteiger partial charge is 0.153 e. The summed E-state index contributed by atoms with van der Waals surface area (Å²) >= 11 is 5.81. The molecule has 0 fully saturated rings. The monoisotopic (exact) mass is 263 g/mol. The van der Waals surface area contributed by atoms with E-state index in [0.717, 1.165) is 11.3 Å². The van der Waals surface area contributed by atoms with Gasteiger partial charge in [-0.2, -0.15) is 0 Å². The number of nitrogen functional groups attached to an aromatic ring is 1. The fourth-order valence-corrected chi connectivity index (χ4v) is 1.78. The summed E-state index contributed by atoms with van der Waals surface area (Å²) in [5, 5.41) is 3.69. The average molecular weight is 264 g/mol. The van der Waals surface area contributed by atoms with Crippen molar-refractivity contribution in [1.29, 1.82) is 0 Å². The van der Waals surface area contributed by atoms with Crippen molar-refractivity contribution in [2.24, 2.45) is 0 Å². The lowest BCUT2D eigenvalue weighted by atomic mass is 10.2. The van der Waals surface area contributed by atoms with Crippen LogP contribution >= 0.6 is 11.6 Å². The van der Waals surface area contributed by atoms with E-state index in [1.165, 1.54) is 0 Å². The summed E-state index contributed by atoms with van der Waals surface area (Å²) in [6.45, 7) is 0.524. The molecule has 1 aromatic heterocycles. The number of para-hydroxylation sites is 1. The highest BCUT2D eigenvalue weighted by Gasteiger charge is 2.05. The van der Waals surface area contributed by atoms with Crippen LogP contribution in [0.15, 0.2) is 36.5 Å². The van der Waals surface area contributed by atoms with Crippen LogP contribution in [-0.2, 0) is 11.3 Å². The summed E-state index contributed by atoms with van der Waals surface area (Å²) < 4.78 is 5.14. The second kappa shape index (κ2) is 5.71. The Labute approximate surface area is 111 Å². The van der Waals surface area contributed by atoms with Crippen molar-refractivity contribution in [3.8, 4) is 0 Å². The lowest BCUT2D eigenvalue weighted by Gasteiger charge is -2.12.